The highest BCUT2D eigenvalue weighted by Gasteiger charge is 2.02. The number of aromatic nitrogens is 1. The Morgan fingerprint density at radius 3 is 2.67 bits per heavy atom. The molecule has 4 nitrogen and oxygen atoms in total. The maximum atomic E-state index is 8.71. The van der Waals surface area contributed by atoms with Gasteiger partial charge in [0.25, 0.3) is 0 Å². The predicted molar refractivity (Wildman–Crippen MR) is 46.1 cm³/mol. The number of nitrogens with two attached hydrogens (primary N) is 2. The van der Waals surface area contributed by atoms with Crippen molar-refractivity contribution in [2.75, 3.05) is 6.54 Å². The normalized spacial score (nSPS) is 12.9. The van der Waals surface area contributed by atoms with Gasteiger partial charge in [-0.05, 0) is 11.6 Å². The molecule has 12 heavy (non-hydrogen) atoms. The van der Waals surface area contributed by atoms with Crippen LogP contribution in [-0.2, 0) is 6.61 Å². The lowest BCUT2D eigenvalue weighted by molar-refractivity contribution is 0.277. The Balaban J connectivity index is 2.77. The molecule has 0 aromatic carbocycles. The average molecular weight is 167 g/mol. The summed E-state index contributed by atoms with van der Waals surface area (Å²) in [5, 5.41) is 8.71. The van der Waals surface area contributed by atoms with Gasteiger partial charge in [-0.2, -0.15) is 0 Å². The summed E-state index contributed by atoms with van der Waals surface area (Å²) < 4.78 is 0. The zero-order valence-corrected chi connectivity index (χ0v) is 6.77. The van der Waals surface area contributed by atoms with Gasteiger partial charge in [-0.15, -0.1) is 0 Å². The standard InChI is InChI=1S/C8H13N3O/c9-3-8(10)6-1-2-7(5-12)11-4-6/h1-2,4,8,12H,3,5,9-10H2. The number of aliphatic hydroxyl groups is 1. The van der Waals surface area contributed by atoms with Crippen LogP contribution in [0.2, 0.25) is 0 Å². The van der Waals surface area contributed by atoms with Gasteiger partial charge in [0.1, 0.15) is 0 Å². The van der Waals surface area contributed by atoms with Gasteiger partial charge in [0.2, 0.25) is 0 Å². The molecule has 0 aliphatic heterocycles. The van der Waals surface area contributed by atoms with Gasteiger partial charge in [-0.3, -0.25) is 4.98 Å². The first-order chi connectivity index (χ1) is 5.77. The summed E-state index contributed by atoms with van der Waals surface area (Å²) in [5.41, 5.74) is 12.6. The molecule has 4 heteroatoms. The van der Waals surface area contributed by atoms with Crippen LogP contribution < -0.4 is 11.5 Å². The SMILES string of the molecule is NCC(N)c1ccc(CO)nc1. The largest absolute Gasteiger partial charge is 0.390 e. The molecule has 0 bridgehead atoms. The van der Waals surface area contributed by atoms with E-state index in [0.29, 0.717) is 12.2 Å². The third-order valence-corrected chi connectivity index (χ3v) is 1.69. The number of hydrogen-bond acceptors (Lipinski definition) is 4. The zero-order valence-electron chi connectivity index (χ0n) is 6.77. The highest BCUT2D eigenvalue weighted by Crippen LogP contribution is 2.07. The van der Waals surface area contributed by atoms with Crippen molar-refractivity contribution in [2.45, 2.75) is 12.6 Å². The first kappa shape index (κ1) is 9.12. The number of rotatable bonds is 3. The first-order valence-corrected chi connectivity index (χ1v) is 3.79. The van der Waals surface area contributed by atoms with Crippen LogP contribution in [0, 0.1) is 0 Å². The van der Waals surface area contributed by atoms with Gasteiger partial charge in [-0.25, -0.2) is 0 Å². The van der Waals surface area contributed by atoms with Gasteiger partial charge in [0, 0.05) is 18.8 Å². The van der Waals surface area contributed by atoms with Crippen LogP contribution in [0.15, 0.2) is 18.3 Å². The predicted octanol–water partition coefficient (Wildman–Crippen LogP) is -0.468. The van der Waals surface area contributed by atoms with Crippen LogP contribution in [0.5, 0.6) is 0 Å². The molecular weight excluding hydrogens is 154 g/mol. The van der Waals surface area contributed by atoms with Crippen LogP contribution in [0.3, 0.4) is 0 Å². The van der Waals surface area contributed by atoms with Crippen molar-refractivity contribution < 1.29 is 5.11 Å². The Morgan fingerprint density at radius 1 is 1.50 bits per heavy atom. The monoisotopic (exact) mass is 167 g/mol. The van der Waals surface area contributed by atoms with E-state index in [9.17, 15) is 0 Å². The summed E-state index contributed by atoms with van der Waals surface area (Å²) in [7, 11) is 0. The Labute approximate surface area is 71.2 Å². The van der Waals surface area contributed by atoms with E-state index in [1.54, 1.807) is 12.3 Å². The minimum absolute atomic E-state index is 0.0435. The highest BCUT2D eigenvalue weighted by atomic mass is 16.3. The molecule has 1 aromatic rings. The second-order valence-corrected chi connectivity index (χ2v) is 2.58. The lowest BCUT2D eigenvalue weighted by atomic mass is 10.1. The molecule has 0 radical (unpaired) electrons. The molecule has 1 heterocycles. The third-order valence-electron chi connectivity index (χ3n) is 1.69. The third kappa shape index (κ3) is 2.01. The van der Waals surface area contributed by atoms with Gasteiger partial charge < -0.3 is 16.6 Å². The molecular formula is C8H13N3O. The minimum Gasteiger partial charge on any atom is -0.390 e. The van der Waals surface area contributed by atoms with E-state index in [0.717, 1.165) is 5.56 Å². The van der Waals surface area contributed by atoms with Gasteiger partial charge >= 0.3 is 0 Å². The maximum absolute atomic E-state index is 8.71. The smallest absolute Gasteiger partial charge is 0.0852 e. The van der Waals surface area contributed by atoms with Crippen molar-refractivity contribution in [1.29, 1.82) is 0 Å². The van der Waals surface area contributed by atoms with E-state index in [-0.39, 0.29) is 12.6 Å². The van der Waals surface area contributed by atoms with Gasteiger partial charge in [-0.1, -0.05) is 6.07 Å². The molecule has 0 spiro atoms. The number of pyridine rings is 1. The summed E-state index contributed by atoms with van der Waals surface area (Å²) >= 11 is 0. The van der Waals surface area contributed by atoms with Crippen LogP contribution >= 0.6 is 0 Å². The van der Waals surface area contributed by atoms with Crippen LogP contribution in [-0.4, -0.2) is 16.6 Å². The van der Waals surface area contributed by atoms with Gasteiger partial charge in [0.05, 0.1) is 12.3 Å². The van der Waals surface area contributed by atoms with Crippen molar-refractivity contribution in [1.82, 2.24) is 4.98 Å². The fourth-order valence-electron chi connectivity index (χ4n) is 0.885. The molecule has 0 aliphatic rings. The molecule has 0 aliphatic carbocycles. The van der Waals surface area contributed by atoms with Crippen molar-refractivity contribution >= 4 is 0 Å². The topological polar surface area (TPSA) is 85.2 Å². The maximum Gasteiger partial charge on any atom is 0.0852 e. The molecule has 66 valence electrons. The van der Waals surface area contributed by atoms with E-state index in [1.807, 2.05) is 6.07 Å². The lowest BCUT2D eigenvalue weighted by Crippen LogP contribution is -2.20. The summed E-state index contributed by atoms with van der Waals surface area (Å²) in [4.78, 5) is 3.98. The summed E-state index contributed by atoms with van der Waals surface area (Å²) in [6.07, 6.45) is 1.64. The van der Waals surface area contributed by atoms with Crippen molar-refractivity contribution in [2.24, 2.45) is 11.5 Å². The Kier molecular flexibility index (Phi) is 3.16. The summed E-state index contributed by atoms with van der Waals surface area (Å²) in [6.45, 7) is 0.359. The van der Waals surface area contributed by atoms with E-state index >= 15 is 0 Å². The average Bonchev–Trinajstić information content (AvgIpc) is 2.17. The number of aliphatic hydroxyl groups excluding tert-OH is 1. The van der Waals surface area contributed by atoms with E-state index in [4.69, 9.17) is 16.6 Å². The van der Waals surface area contributed by atoms with E-state index < -0.39 is 0 Å². The molecule has 5 N–H and O–H groups in total. The zero-order chi connectivity index (χ0) is 8.97. The fourth-order valence-corrected chi connectivity index (χ4v) is 0.885. The molecule has 0 amide bonds. The first-order valence-electron chi connectivity index (χ1n) is 3.79. The Hall–Kier alpha value is -0.970. The Bertz CT molecular complexity index is 235. The second kappa shape index (κ2) is 4.15. The number of hydrogen-bond donors (Lipinski definition) is 3. The van der Waals surface area contributed by atoms with E-state index in [1.165, 1.54) is 0 Å². The summed E-state index contributed by atoms with van der Waals surface area (Å²) in [6, 6.07) is 3.41. The highest BCUT2D eigenvalue weighted by molar-refractivity contribution is 5.17. The van der Waals surface area contributed by atoms with Crippen LogP contribution in [0.1, 0.15) is 17.3 Å². The lowest BCUT2D eigenvalue weighted by Gasteiger charge is -2.07. The fraction of sp³-hybridized carbons (Fsp3) is 0.375. The molecule has 0 saturated heterocycles. The molecule has 0 saturated carbocycles. The van der Waals surface area contributed by atoms with Gasteiger partial charge in [0.15, 0.2) is 0 Å². The van der Waals surface area contributed by atoms with E-state index in [2.05, 4.69) is 4.98 Å². The van der Waals surface area contributed by atoms with Crippen molar-refractivity contribution in [3.63, 3.8) is 0 Å². The molecule has 1 rings (SSSR count). The van der Waals surface area contributed by atoms with Crippen molar-refractivity contribution in [3.05, 3.63) is 29.6 Å². The summed E-state index contributed by atoms with van der Waals surface area (Å²) in [5.74, 6) is 0. The van der Waals surface area contributed by atoms with Crippen LogP contribution in [0.25, 0.3) is 0 Å². The minimum atomic E-state index is -0.162. The molecule has 1 unspecified atom stereocenters. The quantitative estimate of drug-likeness (QED) is 0.568. The second-order valence-electron chi connectivity index (χ2n) is 2.58. The van der Waals surface area contributed by atoms with Crippen LogP contribution in [0.4, 0.5) is 0 Å². The molecule has 0 fully saturated rings. The molecule has 1 atom stereocenters. The van der Waals surface area contributed by atoms with Crippen molar-refractivity contribution in [3.8, 4) is 0 Å². The molecule has 1 aromatic heterocycles. The Morgan fingerprint density at radius 2 is 2.25 bits per heavy atom. The number of nitrogens with zero attached hydrogens (tertiary/aromatic N) is 1.